The van der Waals surface area contributed by atoms with Crippen LogP contribution in [0.15, 0.2) is 72.8 Å². The summed E-state index contributed by atoms with van der Waals surface area (Å²) >= 11 is 0. The van der Waals surface area contributed by atoms with Crippen molar-refractivity contribution in [2.24, 2.45) is 11.8 Å². The number of carboxylic acids is 1. The van der Waals surface area contributed by atoms with Crippen LogP contribution in [-0.2, 0) is 9.59 Å². The molecule has 0 spiro atoms. The molecule has 6 nitrogen and oxygen atoms in total. The molecular weight excluding hydrogens is 519 g/mol. The molecule has 0 radical (unpaired) electrons. The summed E-state index contributed by atoms with van der Waals surface area (Å²) in [5, 5.41) is 20.3. The number of amides is 1. The zero-order chi connectivity index (χ0) is 29.3. The van der Waals surface area contributed by atoms with Gasteiger partial charge < -0.3 is 10.0 Å². The summed E-state index contributed by atoms with van der Waals surface area (Å²) in [6, 6.07) is 20.5. The van der Waals surface area contributed by atoms with Gasteiger partial charge in [0.2, 0.25) is 5.91 Å². The van der Waals surface area contributed by atoms with Crippen LogP contribution in [0.2, 0.25) is 0 Å². The number of benzene rings is 3. The van der Waals surface area contributed by atoms with E-state index in [-0.39, 0.29) is 17.6 Å². The Labute approximate surface area is 239 Å². The molecule has 2 fully saturated rings. The topological polar surface area (TPSA) is 98.5 Å². The molecule has 1 aliphatic carbocycles. The average Bonchev–Trinajstić information content (AvgIpc) is 3.27. The Morgan fingerprint density at radius 3 is 2.17 bits per heavy atom. The molecule has 2 aliphatic rings. The number of aliphatic carboxylic acids is 1. The van der Waals surface area contributed by atoms with Crippen LogP contribution in [0.1, 0.15) is 83.6 Å². The zero-order valence-electron chi connectivity index (χ0n) is 23.2. The predicted molar refractivity (Wildman–Crippen MR) is 152 cm³/mol. The van der Waals surface area contributed by atoms with E-state index < -0.39 is 35.2 Å². The van der Waals surface area contributed by atoms with Gasteiger partial charge in [-0.3, -0.25) is 9.59 Å². The summed E-state index contributed by atoms with van der Waals surface area (Å²) < 4.78 is 14.1. The minimum Gasteiger partial charge on any atom is -0.479 e. The molecule has 3 aromatic carbocycles. The highest BCUT2D eigenvalue weighted by Gasteiger charge is 2.65. The number of carboxylic acid groups (broad SMARTS) is 1. The average molecular weight is 553 g/mol. The molecule has 7 heteroatoms. The standard InChI is InChI=1S/C34H33FN2O4/c1-21-7-6-10-26(19-21)31(38)28-29(23-15-17-27(35)18-16-23)34(2,33(40)41)37(32(39)25-8-4-3-5-9-25)30(28)24-13-11-22(20-36)12-14-24/h6-7,10-19,25,28-30H,3-5,8-9H2,1-2H3,(H,40,41). The Balaban J connectivity index is 1.79. The zero-order valence-corrected chi connectivity index (χ0v) is 23.2. The third-order valence-electron chi connectivity index (χ3n) is 8.92. The quantitative estimate of drug-likeness (QED) is 0.348. The summed E-state index contributed by atoms with van der Waals surface area (Å²) in [6.45, 7) is 3.39. The Bertz CT molecular complexity index is 1500. The van der Waals surface area contributed by atoms with Crippen molar-refractivity contribution in [2.75, 3.05) is 0 Å². The minimum atomic E-state index is -1.81. The van der Waals surface area contributed by atoms with Gasteiger partial charge in [-0.15, -0.1) is 0 Å². The van der Waals surface area contributed by atoms with E-state index in [1.54, 1.807) is 42.5 Å². The van der Waals surface area contributed by atoms with Gasteiger partial charge >= 0.3 is 5.97 Å². The van der Waals surface area contributed by atoms with Crippen molar-refractivity contribution in [1.29, 1.82) is 5.26 Å². The summed E-state index contributed by atoms with van der Waals surface area (Å²) in [7, 11) is 0. The van der Waals surface area contributed by atoms with Gasteiger partial charge in [0.05, 0.1) is 23.6 Å². The molecule has 5 rings (SSSR count). The molecule has 210 valence electrons. The highest BCUT2D eigenvalue weighted by molar-refractivity contribution is 6.02. The molecule has 1 saturated heterocycles. The van der Waals surface area contributed by atoms with E-state index in [2.05, 4.69) is 6.07 Å². The normalized spacial score (nSPS) is 24.5. The van der Waals surface area contributed by atoms with Crippen molar-refractivity contribution in [3.63, 3.8) is 0 Å². The second-order valence-corrected chi connectivity index (χ2v) is 11.5. The predicted octanol–water partition coefficient (Wildman–Crippen LogP) is 6.60. The number of Topliss-reactive ketones (excluding diaryl/α,β-unsaturated/α-hetero) is 1. The smallest absolute Gasteiger partial charge is 0.330 e. The lowest BCUT2D eigenvalue weighted by atomic mass is 9.71. The number of halogens is 1. The maximum atomic E-state index is 14.6. The number of likely N-dealkylation sites (tertiary alicyclic amines) is 1. The Morgan fingerprint density at radius 1 is 0.951 bits per heavy atom. The van der Waals surface area contributed by atoms with Gasteiger partial charge in [-0.05, 0) is 68.1 Å². The van der Waals surface area contributed by atoms with Gasteiger partial charge in [0.1, 0.15) is 11.4 Å². The van der Waals surface area contributed by atoms with Gasteiger partial charge in [0.15, 0.2) is 5.78 Å². The second-order valence-electron chi connectivity index (χ2n) is 11.5. The Morgan fingerprint density at radius 2 is 1.59 bits per heavy atom. The van der Waals surface area contributed by atoms with Crippen LogP contribution in [-0.4, -0.2) is 33.2 Å². The fraction of sp³-hybridized carbons (Fsp3) is 0.353. The Kier molecular flexibility index (Phi) is 7.77. The number of carbonyl (C=O) groups is 3. The highest BCUT2D eigenvalue weighted by atomic mass is 19.1. The summed E-state index contributed by atoms with van der Waals surface area (Å²) in [5.41, 5.74) is 0.944. The van der Waals surface area contributed by atoms with Crippen molar-refractivity contribution in [3.05, 3.63) is 106 Å². The third kappa shape index (κ3) is 5.04. The van der Waals surface area contributed by atoms with Crippen LogP contribution in [0.25, 0.3) is 0 Å². The van der Waals surface area contributed by atoms with E-state index in [0.717, 1.165) is 24.8 Å². The number of ketones is 1. The van der Waals surface area contributed by atoms with Crippen molar-refractivity contribution in [2.45, 2.75) is 63.5 Å². The van der Waals surface area contributed by atoms with Crippen molar-refractivity contribution < 1.29 is 23.9 Å². The van der Waals surface area contributed by atoms with Gasteiger partial charge in [0.25, 0.3) is 0 Å². The molecule has 3 aromatic rings. The van der Waals surface area contributed by atoms with E-state index in [9.17, 15) is 29.1 Å². The molecule has 4 atom stereocenters. The maximum Gasteiger partial charge on any atom is 0.330 e. The number of hydrogen-bond donors (Lipinski definition) is 1. The number of nitrogens with zero attached hydrogens (tertiary/aromatic N) is 2. The van der Waals surface area contributed by atoms with Crippen LogP contribution < -0.4 is 0 Å². The summed E-state index contributed by atoms with van der Waals surface area (Å²) in [6.07, 6.45) is 4.09. The van der Waals surface area contributed by atoms with Crippen LogP contribution in [0.5, 0.6) is 0 Å². The van der Waals surface area contributed by atoms with Gasteiger partial charge in [-0.1, -0.05) is 67.3 Å². The molecule has 4 unspecified atom stereocenters. The summed E-state index contributed by atoms with van der Waals surface area (Å²) in [4.78, 5) is 43.8. The third-order valence-corrected chi connectivity index (χ3v) is 8.92. The van der Waals surface area contributed by atoms with Crippen molar-refractivity contribution >= 4 is 17.7 Å². The first kappa shape index (κ1) is 28.2. The van der Waals surface area contributed by atoms with E-state index in [0.29, 0.717) is 35.1 Å². The van der Waals surface area contributed by atoms with E-state index in [4.69, 9.17) is 0 Å². The van der Waals surface area contributed by atoms with Gasteiger partial charge in [-0.2, -0.15) is 5.26 Å². The number of carbonyl (C=O) groups excluding carboxylic acids is 2. The molecule has 1 saturated carbocycles. The minimum absolute atomic E-state index is 0.282. The number of hydrogen-bond acceptors (Lipinski definition) is 4. The first-order chi connectivity index (χ1) is 19.7. The molecular formula is C34H33FN2O4. The largest absolute Gasteiger partial charge is 0.479 e. The van der Waals surface area contributed by atoms with Crippen LogP contribution >= 0.6 is 0 Å². The molecule has 41 heavy (non-hydrogen) atoms. The SMILES string of the molecule is Cc1cccc(C(=O)C2C(c3ccc(C#N)cc3)N(C(=O)C3CCCCC3)C(C)(C(=O)O)C2c2ccc(F)cc2)c1. The van der Waals surface area contributed by atoms with Gasteiger partial charge in [-0.25, -0.2) is 9.18 Å². The number of aryl methyl sites for hydroxylation is 1. The molecule has 1 heterocycles. The number of rotatable bonds is 6. The molecule has 1 aliphatic heterocycles. The first-order valence-electron chi connectivity index (χ1n) is 14.1. The van der Waals surface area contributed by atoms with Crippen LogP contribution in [0, 0.1) is 35.9 Å². The maximum absolute atomic E-state index is 14.6. The second kappa shape index (κ2) is 11.3. The number of nitriles is 1. The highest BCUT2D eigenvalue weighted by Crippen LogP contribution is 2.57. The van der Waals surface area contributed by atoms with Gasteiger partial charge in [0, 0.05) is 17.4 Å². The molecule has 1 amide bonds. The van der Waals surface area contributed by atoms with E-state index in [1.165, 1.54) is 36.1 Å². The van der Waals surface area contributed by atoms with Crippen molar-refractivity contribution in [1.82, 2.24) is 4.90 Å². The fourth-order valence-corrected chi connectivity index (χ4v) is 6.88. The van der Waals surface area contributed by atoms with Crippen LogP contribution in [0.4, 0.5) is 4.39 Å². The van der Waals surface area contributed by atoms with E-state index >= 15 is 0 Å². The van der Waals surface area contributed by atoms with Crippen molar-refractivity contribution in [3.8, 4) is 6.07 Å². The fourth-order valence-electron chi connectivity index (χ4n) is 6.88. The lowest BCUT2D eigenvalue weighted by Gasteiger charge is -2.40. The summed E-state index contributed by atoms with van der Waals surface area (Å²) in [5.74, 6) is -4.59. The van der Waals surface area contributed by atoms with Crippen LogP contribution in [0.3, 0.4) is 0 Å². The lowest BCUT2D eigenvalue weighted by molar-refractivity contribution is -0.160. The first-order valence-corrected chi connectivity index (χ1v) is 14.1. The monoisotopic (exact) mass is 552 g/mol. The van der Waals surface area contributed by atoms with E-state index in [1.807, 2.05) is 13.0 Å². The molecule has 1 N–H and O–H groups in total. The lowest BCUT2D eigenvalue weighted by Crippen LogP contribution is -2.55. The molecule has 0 bridgehead atoms. The molecule has 0 aromatic heterocycles. The Hall–Kier alpha value is -4.31.